The highest BCUT2D eigenvalue weighted by Gasteiger charge is 2.12. The van der Waals surface area contributed by atoms with Crippen LogP contribution in [0.2, 0.25) is 0 Å². The third-order valence-corrected chi connectivity index (χ3v) is 4.35. The Morgan fingerprint density at radius 1 is 0.962 bits per heavy atom. The lowest BCUT2D eigenvalue weighted by atomic mass is 10.1. The van der Waals surface area contributed by atoms with Crippen molar-refractivity contribution < 1.29 is 4.74 Å². The van der Waals surface area contributed by atoms with E-state index < -0.39 is 0 Å². The normalized spacial score (nSPS) is 14.2. The quantitative estimate of drug-likeness (QED) is 0.765. The van der Waals surface area contributed by atoms with E-state index in [0.29, 0.717) is 6.54 Å². The lowest BCUT2D eigenvalue weighted by Gasteiger charge is -2.28. The maximum atomic E-state index is 5.40. The maximum Gasteiger partial charge on any atom is 0.129 e. The van der Waals surface area contributed by atoms with E-state index in [0.717, 1.165) is 54.8 Å². The van der Waals surface area contributed by atoms with E-state index in [4.69, 9.17) is 9.72 Å². The molecule has 1 aliphatic rings. The summed E-state index contributed by atoms with van der Waals surface area (Å²) < 4.78 is 5.40. The maximum absolute atomic E-state index is 5.40. The van der Waals surface area contributed by atoms with Gasteiger partial charge in [-0.25, -0.2) is 9.97 Å². The molecule has 0 radical (unpaired) electrons. The fraction of sp³-hybridized carbons (Fsp3) is 0.250. The van der Waals surface area contributed by atoms with Crippen molar-refractivity contribution in [2.24, 2.45) is 0 Å². The van der Waals surface area contributed by atoms with Gasteiger partial charge < -0.3 is 15.0 Å². The Morgan fingerprint density at radius 2 is 1.81 bits per heavy atom. The Labute approximate surface area is 152 Å². The van der Waals surface area contributed by atoms with Gasteiger partial charge in [0.15, 0.2) is 0 Å². The highest BCUT2D eigenvalue weighted by Crippen LogP contribution is 2.19. The minimum absolute atomic E-state index is 0.639. The molecule has 0 unspecified atom stereocenters. The molecule has 26 heavy (non-hydrogen) atoms. The molecule has 0 atom stereocenters. The molecule has 0 bridgehead atoms. The number of ether oxygens (including phenoxy) is 1. The molecule has 0 aromatic carbocycles. The Kier molecular flexibility index (Phi) is 5.02. The summed E-state index contributed by atoms with van der Waals surface area (Å²) in [6.07, 6.45) is 5.44. The third-order valence-electron chi connectivity index (χ3n) is 4.35. The molecule has 1 N–H and O–H groups in total. The Balaban J connectivity index is 1.39. The molecule has 3 aromatic heterocycles. The molecule has 0 aliphatic carbocycles. The average molecular weight is 347 g/mol. The zero-order valence-corrected chi connectivity index (χ0v) is 14.5. The number of pyridine rings is 3. The lowest BCUT2D eigenvalue weighted by Crippen LogP contribution is -2.36. The molecule has 1 fully saturated rings. The van der Waals surface area contributed by atoms with Gasteiger partial charge in [0.25, 0.3) is 0 Å². The van der Waals surface area contributed by atoms with Crippen molar-refractivity contribution in [1.82, 2.24) is 15.0 Å². The fourth-order valence-electron chi connectivity index (χ4n) is 2.93. The van der Waals surface area contributed by atoms with Crippen LogP contribution in [0.25, 0.3) is 11.1 Å². The molecule has 6 nitrogen and oxygen atoms in total. The molecule has 1 saturated heterocycles. The van der Waals surface area contributed by atoms with Crippen molar-refractivity contribution in [2.45, 2.75) is 6.54 Å². The highest BCUT2D eigenvalue weighted by atomic mass is 16.5. The Morgan fingerprint density at radius 3 is 2.58 bits per heavy atom. The summed E-state index contributed by atoms with van der Waals surface area (Å²) in [7, 11) is 0. The fourth-order valence-corrected chi connectivity index (χ4v) is 2.93. The van der Waals surface area contributed by atoms with Crippen molar-refractivity contribution in [2.75, 3.05) is 36.5 Å². The molecular weight excluding hydrogens is 326 g/mol. The van der Waals surface area contributed by atoms with Crippen molar-refractivity contribution in [3.63, 3.8) is 0 Å². The third kappa shape index (κ3) is 3.97. The minimum atomic E-state index is 0.639. The molecule has 6 heteroatoms. The number of hydrogen-bond donors (Lipinski definition) is 1. The molecule has 4 rings (SSSR count). The van der Waals surface area contributed by atoms with Crippen LogP contribution in [0.1, 0.15) is 5.69 Å². The molecule has 1 aliphatic heterocycles. The van der Waals surface area contributed by atoms with Crippen LogP contribution in [0.5, 0.6) is 0 Å². The van der Waals surface area contributed by atoms with Gasteiger partial charge in [-0.05, 0) is 42.0 Å². The van der Waals surface area contributed by atoms with Gasteiger partial charge in [-0.1, -0.05) is 6.07 Å². The number of nitrogens with one attached hydrogen (secondary N) is 1. The second-order valence-corrected chi connectivity index (χ2v) is 6.11. The van der Waals surface area contributed by atoms with E-state index in [9.17, 15) is 0 Å². The highest BCUT2D eigenvalue weighted by molar-refractivity contribution is 5.62. The van der Waals surface area contributed by atoms with Crippen LogP contribution in [0, 0.1) is 0 Å². The van der Waals surface area contributed by atoms with Crippen LogP contribution in [0.3, 0.4) is 0 Å². The zero-order valence-electron chi connectivity index (χ0n) is 14.5. The minimum Gasteiger partial charge on any atom is -0.378 e. The van der Waals surface area contributed by atoms with Crippen molar-refractivity contribution >= 4 is 11.6 Å². The Bertz CT molecular complexity index is 832. The van der Waals surface area contributed by atoms with Crippen LogP contribution in [-0.4, -0.2) is 41.3 Å². The first-order valence-electron chi connectivity index (χ1n) is 8.77. The summed E-state index contributed by atoms with van der Waals surface area (Å²) in [6.45, 7) is 3.94. The first-order chi connectivity index (χ1) is 12.9. The summed E-state index contributed by atoms with van der Waals surface area (Å²) in [5, 5.41) is 3.34. The number of anilines is 2. The number of aromatic nitrogens is 3. The van der Waals surface area contributed by atoms with Gasteiger partial charge in [0, 0.05) is 37.2 Å². The average Bonchev–Trinajstić information content (AvgIpc) is 2.74. The molecule has 132 valence electrons. The lowest BCUT2D eigenvalue weighted by molar-refractivity contribution is 0.122. The van der Waals surface area contributed by atoms with E-state index in [1.54, 1.807) is 12.4 Å². The van der Waals surface area contributed by atoms with Gasteiger partial charge >= 0.3 is 0 Å². The van der Waals surface area contributed by atoms with E-state index in [1.165, 1.54) is 0 Å². The number of hydrogen-bond acceptors (Lipinski definition) is 6. The first kappa shape index (κ1) is 16.5. The predicted octanol–water partition coefficient (Wildman–Crippen LogP) is 2.99. The smallest absolute Gasteiger partial charge is 0.129 e. The van der Waals surface area contributed by atoms with E-state index in [-0.39, 0.29) is 0 Å². The van der Waals surface area contributed by atoms with Crippen LogP contribution in [0.15, 0.2) is 61.1 Å². The predicted molar refractivity (Wildman–Crippen MR) is 102 cm³/mol. The molecule has 0 spiro atoms. The van der Waals surface area contributed by atoms with Crippen molar-refractivity contribution in [1.29, 1.82) is 0 Å². The van der Waals surface area contributed by atoms with Gasteiger partial charge in [-0.15, -0.1) is 0 Å². The Hall–Kier alpha value is -2.99. The molecule has 0 saturated carbocycles. The number of rotatable bonds is 5. The summed E-state index contributed by atoms with van der Waals surface area (Å²) in [4.78, 5) is 15.5. The topological polar surface area (TPSA) is 63.2 Å². The SMILES string of the molecule is c1cc(CNc2ccc(-c3ccncc3)cn2)nc(N2CCOCC2)c1. The second-order valence-electron chi connectivity index (χ2n) is 6.11. The monoisotopic (exact) mass is 347 g/mol. The molecular formula is C20H21N5O. The standard InChI is InChI=1S/C20H21N5O/c1-2-18(24-20(3-1)25-10-12-26-13-11-25)15-23-19-5-4-17(14-22-19)16-6-8-21-9-7-16/h1-9,14H,10-13,15H2,(H,22,23). The largest absolute Gasteiger partial charge is 0.378 e. The van der Waals surface area contributed by atoms with E-state index in [2.05, 4.69) is 38.4 Å². The second kappa shape index (κ2) is 7.93. The van der Waals surface area contributed by atoms with Crippen LogP contribution < -0.4 is 10.2 Å². The molecule has 0 amide bonds. The summed E-state index contributed by atoms with van der Waals surface area (Å²) in [5.41, 5.74) is 3.18. The summed E-state index contributed by atoms with van der Waals surface area (Å²) in [6, 6.07) is 14.1. The van der Waals surface area contributed by atoms with Gasteiger partial charge in [0.1, 0.15) is 11.6 Å². The van der Waals surface area contributed by atoms with Crippen LogP contribution in [0.4, 0.5) is 11.6 Å². The van der Waals surface area contributed by atoms with Gasteiger partial charge in [0.05, 0.1) is 25.5 Å². The summed E-state index contributed by atoms with van der Waals surface area (Å²) in [5.74, 6) is 1.84. The van der Waals surface area contributed by atoms with Crippen LogP contribution >= 0.6 is 0 Å². The van der Waals surface area contributed by atoms with Gasteiger partial charge in [-0.2, -0.15) is 0 Å². The van der Waals surface area contributed by atoms with E-state index >= 15 is 0 Å². The first-order valence-corrected chi connectivity index (χ1v) is 8.77. The molecule has 4 heterocycles. The van der Waals surface area contributed by atoms with E-state index in [1.807, 2.05) is 30.5 Å². The summed E-state index contributed by atoms with van der Waals surface area (Å²) >= 11 is 0. The zero-order chi connectivity index (χ0) is 17.6. The van der Waals surface area contributed by atoms with Crippen molar-refractivity contribution in [3.8, 4) is 11.1 Å². The van der Waals surface area contributed by atoms with Gasteiger partial charge in [-0.3, -0.25) is 4.98 Å². The van der Waals surface area contributed by atoms with Gasteiger partial charge in [0.2, 0.25) is 0 Å². The number of nitrogens with zero attached hydrogens (tertiary/aromatic N) is 4. The van der Waals surface area contributed by atoms with Crippen molar-refractivity contribution in [3.05, 3.63) is 66.7 Å². The molecule has 3 aromatic rings. The number of morpholine rings is 1. The van der Waals surface area contributed by atoms with Crippen LogP contribution in [-0.2, 0) is 11.3 Å².